The van der Waals surface area contributed by atoms with Crippen LogP contribution in [0.25, 0.3) is 0 Å². The van der Waals surface area contributed by atoms with Gasteiger partial charge in [-0.2, -0.15) is 0 Å². The van der Waals surface area contributed by atoms with Gasteiger partial charge in [0.2, 0.25) is 0 Å². The first kappa shape index (κ1) is 12.8. The number of benzene rings is 1. The lowest BCUT2D eigenvalue weighted by atomic mass is 10.1. The van der Waals surface area contributed by atoms with Crippen molar-refractivity contribution < 1.29 is 14.6 Å². The highest BCUT2D eigenvalue weighted by molar-refractivity contribution is 5.44. The highest BCUT2D eigenvalue weighted by Crippen LogP contribution is 2.33. The molecule has 2 aliphatic rings. The molecule has 4 nitrogen and oxygen atoms in total. The van der Waals surface area contributed by atoms with Crippen LogP contribution in [0.3, 0.4) is 0 Å². The molecule has 0 amide bonds. The summed E-state index contributed by atoms with van der Waals surface area (Å²) in [6.45, 7) is 2.92. The number of nitrogens with zero attached hydrogens (tertiary/aromatic N) is 1. The average Bonchev–Trinajstić information content (AvgIpc) is 3.21. The number of aliphatic hydroxyl groups is 1. The lowest BCUT2D eigenvalue weighted by Gasteiger charge is -2.23. The molecule has 104 valence electrons. The van der Waals surface area contributed by atoms with Crippen molar-refractivity contribution in [1.82, 2.24) is 4.90 Å². The quantitative estimate of drug-likeness (QED) is 0.880. The van der Waals surface area contributed by atoms with Crippen molar-refractivity contribution in [2.24, 2.45) is 5.92 Å². The SMILES string of the molecule is CN(CC1CC1)CC(O)c1ccc2c(c1)OCCO2. The van der Waals surface area contributed by atoms with Gasteiger partial charge < -0.3 is 19.5 Å². The molecule has 1 N–H and O–H groups in total. The van der Waals surface area contributed by atoms with Gasteiger partial charge in [-0.15, -0.1) is 0 Å². The van der Waals surface area contributed by atoms with E-state index in [4.69, 9.17) is 9.47 Å². The molecule has 1 aromatic rings. The monoisotopic (exact) mass is 263 g/mol. The van der Waals surface area contributed by atoms with Crippen LogP contribution in [0.2, 0.25) is 0 Å². The molecule has 3 rings (SSSR count). The molecule has 0 saturated heterocycles. The maximum Gasteiger partial charge on any atom is 0.161 e. The second-order valence-electron chi connectivity index (χ2n) is 5.58. The molecule has 1 aliphatic heterocycles. The molecule has 19 heavy (non-hydrogen) atoms. The van der Waals surface area contributed by atoms with E-state index >= 15 is 0 Å². The third kappa shape index (κ3) is 3.19. The molecule has 1 atom stereocenters. The summed E-state index contributed by atoms with van der Waals surface area (Å²) in [5, 5.41) is 10.3. The summed E-state index contributed by atoms with van der Waals surface area (Å²) in [7, 11) is 2.07. The maximum absolute atomic E-state index is 10.3. The van der Waals surface area contributed by atoms with E-state index in [1.807, 2.05) is 18.2 Å². The molecule has 4 heteroatoms. The first-order valence-corrected chi connectivity index (χ1v) is 6.98. The third-order valence-corrected chi connectivity index (χ3v) is 3.70. The van der Waals surface area contributed by atoms with Crippen LogP contribution < -0.4 is 9.47 Å². The summed E-state index contributed by atoms with van der Waals surface area (Å²) in [5.74, 6) is 2.36. The fourth-order valence-corrected chi connectivity index (χ4v) is 2.48. The maximum atomic E-state index is 10.3. The summed E-state index contributed by atoms with van der Waals surface area (Å²) in [6.07, 6.45) is 2.20. The Kier molecular flexibility index (Phi) is 3.62. The Labute approximate surface area is 113 Å². The zero-order chi connectivity index (χ0) is 13.2. The first-order chi connectivity index (χ1) is 9.22. The molecule has 0 aromatic heterocycles. The summed E-state index contributed by atoms with van der Waals surface area (Å²) >= 11 is 0. The predicted octanol–water partition coefficient (Wildman–Crippen LogP) is 1.83. The summed E-state index contributed by atoms with van der Waals surface area (Å²) in [4.78, 5) is 2.21. The van der Waals surface area contributed by atoms with E-state index in [0.717, 1.165) is 29.5 Å². The van der Waals surface area contributed by atoms with E-state index in [2.05, 4.69) is 11.9 Å². The molecule has 1 saturated carbocycles. The second kappa shape index (κ2) is 5.39. The number of likely N-dealkylation sites (N-methyl/N-ethyl adjacent to an activating group) is 1. The lowest BCUT2D eigenvalue weighted by molar-refractivity contribution is 0.123. The number of rotatable bonds is 5. The normalized spacial score (nSPS) is 19.5. The van der Waals surface area contributed by atoms with Gasteiger partial charge in [-0.25, -0.2) is 0 Å². The Morgan fingerprint density at radius 1 is 1.26 bits per heavy atom. The number of aliphatic hydroxyl groups excluding tert-OH is 1. The first-order valence-electron chi connectivity index (χ1n) is 6.98. The fourth-order valence-electron chi connectivity index (χ4n) is 2.48. The molecule has 1 aliphatic carbocycles. The predicted molar refractivity (Wildman–Crippen MR) is 72.6 cm³/mol. The zero-order valence-corrected chi connectivity index (χ0v) is 11.3. The summed E-state index contributed by atoms with van der Waals surface area (Å²) in [5.41, 5.74) is 0.895. The van der Waals surface area contributed by atoms with Gasteiger partial charge in [0.05, 0.1) is 6.10 Å². The van der Waals surface area contributed by atoms with Crippen LogP contribution in [0, 0.1) is 5.92 Å². The van der Waals surface area contributed by atoms with Gasteiger partial charge in [0.15, 0.2) is 11.5 Å². The largest absolute Gasteiger partial charge is 0.486 e. The summed E-state index contributed by atoms with van der Waals surface area (Å²) < 4.78 is 11.0. The number of hydrogen-bond donors (Lipinski definition) is 1. The zero-order valence-electron chi connectivity index (χ0n) is 11.3. The van der Waals surface area contributed by atoms with Gasteiger partial charge in [-0.3, -0.25) is 0 Å². The fraction of sp³-hybridized carbons (Fsp3) is 0.600. The minimum Gasteiger partial charge on any atom is -0.486 e. The van der Waals surface area contributed by atoms with Gasteiger partial charge in [0, 0.05) is 13.1 Å². The van der Waals surface area contributed by atoms with Crippen molar-refractivity contribution in [1.29, 1.82) is 0 Å². The Bertz CT molecular complexity index is 445. The Hall–Kier alpha value is -1.26. The Balaban J connectivity index is 1.63. The molecule has 1 fully saturated rings. The van der Waals surface area contributed by atoms with Crippen molar-refractivity contribution in [2.45, 2.75) is 18.9 Å². The van der Waals surface area contributed by atoms with E-state index < -0.39 is 6.10 Å². The van der Waals surface area contributed by atoms with E-state index in [-0.39, 0.29) is 0 Å². The molecular formula is C15H21NO3. The van der Waals surface area contributed by atoms with Crippen LogP contribution in [0.4, 0.5) is 0 Å². The molecule has 1 heterocycles. The van der Waals surface area contributed by atoms with Crippen LogP contribution in [0.5, 0.6) is 11.5 Å². The molecule has 0 radical (unpaired) electrons. The third-order valence-electron chi connectivity index (χ3n) is 3.70. The van der Waals surface area contributed by atoms with Crippen LogP contribution in [0.15, 0.2) is 18.2 Å². The van der Waals surface area contributed by atoms with Crippen LogP contribution in [-0.2, 0) is 0 Å². The van der Waals surface area contributed by atoms with E-state index in [1.165, 1.54) is 12.8 Å². The van der Waals surface area contributed by atoms with E-state index in [1.54, 1.807) is 0 Å². The van der Waals surface area contributed by atoms with E-state index in [0.29, 0.717) is 19.8 Å². The van der Waals surface area contributed by atoms with E-state index in [9.17, 15) is 5.11 Å². The number of hydrogen-bond acceptors (Lipinski definition) is 4. The average molecular weight is 263 g/mol. The standard InChI is InChI=1S/C15H21NO3/c1-16(9-11-2-3-11)10-13(17)12-4-5-14-15(8-12)19-7-6-18-14/h4-5,8,11,13,17H,2-3,6-7,9-10H2,1H3. The highest BCUT2D eigenvalue weighted by atomic mass is 16.6. The minimum atomic E-state index is -0.473. The second-order valence-corrected chi connectivity index (χ2v) is 5.58. The van der Waals surface area contributed by atoms with Gasteiger partial charge in [0.25, 0.3) is 0 Å². The lowest BCUT2D eigenvalue weighted by Crippen LogP contribution is -2.26. The molecule has 0 spiro atoms. The Morgan fingerprint density at radius 2 is 2.00 bits per heavy atom. The van der Waals surface area contributed by atoms with Gasteiger partial charge in [-0.1, -0.05) is 6.07 Å². The van der Waals surface area contributed by atoms with Crippen molar-refractivity contribution >= 4 is 0 Å². The topological polar surface area (TPSA) is 41.9 Å². The van der Waals surface area contributed by atoms with Gasteiger partial charge in [-0.05, 0) is 43.5 Å². The smallest absolute Gasteiger partial charge is 0.161 e. The molecular weight excluding hydrogens is 242 g/mol. The highest BCUT2D eigenvalue weighted by Gasteiger charge is 2.24. The molecule has 0 bridgehead atoms. The van der Waals surface area contributed by atoms with Crippen LogP contribution in [-0.4, -0.2) is 43.4 Å². The van der Waals surface area contributed by atoms with Crippen molar-refractivity contribution in [2.75, 3.05) is 33.4 Å². The van der Waals surface area contributed by atoms with Crippen molar-refractivity contribution in [3.63, 3.8) is 0 Å². The number of fused-ring (bicyclic) bond motifs is 1. The van der Waals surface area contributed by atoms with Crippen LogP contribution >= 0.6 is 0 Å². The van der Waals surface area contributed by atoms with Crippen molar-refractivity contribution in [3.8, 4) is 11.5 Å². The van der Waals surface area contributed by atoms with Crippen molar-refractivity contribution in [3.05, 3.63) is 23.8 Å². The molecule has 1 unspecified atom stereocenters. The van der Waals surface area contributed by atoms with Gasteiger partial charge >= 0.3 is 0 Å². The van der Waals surface area contributed by atoms with Crippen LogP contribution in [0.1, 0.15) is 24.5 Å². The summed E-state index contributed by atoms with van der Waals surface area (Å²) in [6, 6.07) is 5.70. The molecule has 1 aromatic carbocycles. The Morgan fingerprint density at radius 3 is 2.74 bits per heavy atom. The number of ether oxygens (including phenoxy) is 2. The van der Waals surface area contributed by atoms with Gasteiger partial charge in [0.1, 0.15) is 13.2 Å². The minimum absolute atomic E-state index is 0.473.